The number of rotatable bonds is 7. The molecule has 0 bridgehead atoms. The fraction of sp³-hybridized carbons (Fsp3) is 0.267. The van der Waals surface area contributed by atoms with Gasteiger partial charge in [-0.1, -0.05) is 6.58 Å². The maximum atomic E-state index is 11.9. The summed E-state index contributed by atoms with van der Waals surface area (Å²) in [4.78, 5) is 22.8. The Hall–Kier alpha value is -2.75. The van der Waals surface area contributed by atoms with Crippen molar-refractivity contribution in [1.29, 1.82) is 0 Å². The molecule has 0 spiro atoms. The zero-order valence-corrected chi connectivity index (χ0v) is 13.0. The maximum Gasteiger partial charge on any atom is 0.279 e. The zero-order valence-electron chi connectivity index (χ0n) is 13.0. The summed E-state index contributed by atoms with van der Waals surface area (Å²) in [5, 5.41) is 3.28. The summed E-state index contributed by atoms with van der Waals surface area (Å²) in [5.74, 6) is 0.934. The van der Waals surface area contributed by atoms with Gasteiger partial charge >= 0.3 is 0 Å². The van der Waals surface area contributed by atoms with Gasteiger partial charge in [0.15, 0.2) is 24.8 Å². The van der Waals surface area contributed by atoms with Crippen molar-refractivity contribution >= 4 is 23.8 Å². The van der Waals surface area contributed by atoms with Crippen LogP contribution >= 0.6 is 0 Å². The number of H-pyrrole nitrogens is 1. The van der Waals surface area contributed by atoms with Crippen molar-refractivity contribution in [1.82, 2.24) is 9.97 Å². The summed E-state index contributed by atoms with van der Waals surface area (Å²) in [6, 6.07) is 5.21. The third-order valence-electron chi connectivity index (χ3n) is 3.07. The Balaban J connectivity index is 1.71. The van der Waals surface area contributed by atoms with Crippen LogP contribution in [0, 0.1) is 0 Å². The van der Waals surface area contributed by atoms with Crippen molar-refractivity contribution in [3.8, 4) is 5.75 Å². The Morgan fingerprint density at radius 2 is 2.04 bits per heavy atom. The lowest BCUT2D eigenvalue weighted by Crippen LogP contribution is -2.38. The summed E-state index contributed by atoms with van der Waals surface area (Å²) in [7, 11) is 1.53. The van der Waals surface area contributed by atoms with Crippen molar-refractivity contribution in [3.63, 3.8) is 0 Å². The zero-order chi connectivity index (χ0) is 16.9. The maximum absolute atomic E-state index is 11.9. The number of methoxy groups -OCH3 is 1. The number of anilines is 2. The van der Waals surface area contributed by atoms with E-state index in [1.807, 2.05) is 0 Å². The average molecular weight is 332 g/mol. The predicted molar refractivity (Wildman–Crippen MR) is 85.0 cm³/mol. The number of aromatic nitrogens is 2. The number of benzene rings is 1. The Morgan fingerprint density at radius 1 is 1.21 bits per heavy atom. The lowest BCUT2D eigenvalue weighted by atomic mass is 10.2. The van der Waals surface area contributed by atoms with Gasteiger partial charge in [0.25, 0.3) is 5.56 Å². The van der Waals surface area contributed by atoms with Gasteiger partial charge in [-0.05, 0) is 12.1 Å². The van der Waals surface area contributed by atoms with Gasteiger partial charge in [-0.3, -0.25) is 4.79 Å². The molecular formula is C15H16N4O5. The van der Waals surface area contributed by atoms with Gasteiger partial charge in [0, 0.05) is 13.2 Å². The Morgan fingerprint density at radius 3 is 2.88 bits per heavy atom. The van der Waals surface area contributed by atoms with Gasteiger partial charge in [-0.15, -0.1) is 0 Å². The molecule has 2 aromatic rings. The molecule has 0 radical (unpaired) electrons. The van der Waals surface area contributed by atoms with E-state index in [-0.39, 0.29) is 36.8 Å². The molecule has 2 heterocycles. The van der Waals surface area contributed by atoms with Crippen molar-refractivity contribution in [2.45, 2.75) is 0 Å². The second kappa shape index (κ2) is 7.21. The first-order valence-corrected chi connectivity index (χ1v) is 7.03. The molecule has 24 heavy (non-hydrogen) atoms. The SMILES string of the molecule is C=c1nc2c(c(=O)[nH]1)=Nc1ccc(OCOCOCOC)cc1N2. The first-order valence-electron chi connectivity index (χ1n) is 7.03. The summed E-state index contributed by atoms with van der Waals surface area (Å²) in [5.41, 5.74) is 1.21. The normalized spacial score (nSPS) is 11.9. The quantitative estimate of drug-likeness (QED) is 0.467. The van der Waals surface area contributed by atoms with E-state index >= 15 is 0 Å². The molecule has 1 aromatic heterocycles. The topological polar surface area (TPSA) is 107 Å². The van der Waals surface area contributed by atoms with E-state index in [1.54, 1.807) is 18.2 Å². The van der Waals surface area contributed by atoms with E-state index < -0.39 is 0 Å². The first kappa shape index (κ1) is 16.1. The van der Waals surface area contributed by atoms with E-state index in [0.717, 1.165) is 0 Å². The molecule has 1 aliphatic heterocycles. The minimum absolute atomic E-state index is 0.0250. The highest BCUT2D eigenvalue weighted by Crippen LogP contribution is 2.32. The lowest BCUT2D eigenvalue weighted by molar-refractivity contribution is -0.145. The van der Waals surface area contributed by atoms with Gasteiger partial charge in [-0.25, -0.2) is 9.98 Å². The number of aromatic amines is 1. The lowest BCUT2D eigenvalue weighted by Gasteiger charge is -2.15. The number of nitrogens with one attached hydrogen (secondary N) is 2. The third kappa shape index (κ3) is 3.59. The van der Waals surface area contributed by atoms with Gasteiger partial charge in [0.2, 0.25) is 0 Å². The van der Waals surface area contributed by atoms with E-state index in [2.05, 4.69) is 26.9 Å². The van der Waals surface area contributed by atoms with Gasteiger partial charge in [0.05, 0.1) is 11.4 Å². The smallest absolute Gasteiger partial charge is 0.279 e. The van der Waals surface area contributed by atoms with E-state index in [9.17, 15) is 4.79 Å². The molecule has 1 aromatic carbocycles. The highest BCUT2D eigenvalue weighted by atomic mass is 16.8. The van der Waals surface area contributed by atoms with Crippen molar-refractivity contribution in [2.24, 2.45) is 4.99 Å². The molecule has 0 atom stereocenters. The molecule has 1 aliphatic rings. The Labute approximate surface area is 136 Å². The monoisotopic (exact) mass is 332 g/mol. The Kier molecular flexibility index (Phi) is 4.85. The number of fused-ring (bicyclic) bond motifs is 2. The van der Waals surface area contributed by atoms with Crippen LogP contribution in [-0.2, 0) is 14.2 Å². The van der Waals surface area contributed by atoms with Crippen LogP contribution in [0.4, 0.5) is 17.2 Å². The molecule has 0 amide bonds. The molecular weight excluding hydrogens is 316 g/mol. The summed E-state index contributed by atoms with van der Waals surface area (Å²) >= 11 is 0. The van der Waals surface area contributed by atoms with Crippen LogP contribution in [0.25, 0.3) is 6.58 Å². The molecule has 126 valence electrons. The average Bonchev–Trinajstić information content (AvgIpc) is 2.56. The first-order chi connectivity index (χ1) is 11.7. The van der Waals surface area contributed by atoms with Crippen molar-refractivity contribution < 1.29 is 18.9 Å². The summed E-state index contributed by atoms with van der Waals surface area (Å²) in [6.45, 7) is 3.87. The molecule has 3 rings (SSSR count). The van der Waals surface area contributed by atoms with Crippen LogP contribution in [0.2, 0.25) is 0 Å². The highest BCUT2D eigenvalue weighted by molar-refractivity contribution is 5.74. The van der Waals surface area contributed by atoms with Crippen molar-refractivity contribution in [3.05, 3.63) is 39.4 Å². The third-order valence-corrected chi connectivity index (χ3v) is 3.07. The second-order valence-electron chi connectivity index (χ2n) is 4.82. The van der Waals surface area contributed by atoms with Crippen LogP contribution in [0.1, 0.15) is 0 Å². The van der Waals surface area contributed by atoms with Crippen LogP contribution in [-0.4, -0.2) is 37.5 Å². The highest BCUT2D eigenvalue weighted by Gasteiger charge is 2.14. The molecule has 0 fully saturated rings. The molecule has 2 N–H and O–H groups in total. The van der Waals surface area contributed by atoms with E-state index in [0.29, 0.717) is 22.9 Å². The molecule has 0 saturated heterocycles. The van der Waals surface area contributed by atoms with Crippen LogP contribution < -0.4 is 26.4 Å². The molecule has 0 aliphatic carbocycles. The van der Waals surface area contributed by atoms with Crippen molar-refractivity contribution in [2.75, 3.05) is 32.8 Å². The van der Waals surface area contributed by atoms with Crippen LogP contribution in [0.5, 0.6) is 5.75 Å². The van der Waals surface area contributed by atoms with Gasteiger partial charge < -0.3 is 29.2 Å². The summed E-state index contributed by atoms with van der Waals surface area (Å²) in [6.07, 6.45) is 0. The molecule has 9 nitrogen and oxygen atoms in total. The predicted octanol–water partition coefficient (Wildman–Crippen LogP) is 0.119. The van der Waals surface area contributed by atoms with Crippen LogP contribution in [0.15, 0.2) is 28.0 Å². The minimum Gasteiger partial charge on any atom is -0.467 e. The number of nitrogens with zero attached hydrogens (tertiary/aromatic N) is 2. The Bertz CT molecular complexity index is 896. The fourth-order valence-electron chi connectivity index (χ4n) is 2.08. The number of hydrogen-bond acceptors (Lipinski definition) is 8. The number of hydrogen-bond donors (Lipinski definition) is 2. The second-order valence-corrected chi connectivity index (χ2v) is 4.82. The van der Waals surface area contributed by atoms with E-state index in [1.165, 1.54) is 7.11 Å². The van der Waals surface area contributed by atoms with Gasteiger partial charge in [-0.2, -0.15) is 0 Å². The van der Waals surface area contributed by atoms with E-state index in [4.69, 9.17) is 18.9 Å². The summed E-state index contributed by atoms with van der Waals surface area (Å²) < 4.78 is 20.3. The standard InChI is InChI=1S/C15H16N4O5/c1-9-16-14-13(15(20)17-9)18-11-4-3-10(5-12(11)19-14)24-8-23-7-22-6-21-2/h3-5H,1,6-8H2,2H3,(H,16,19)(H,17,20). The molecule has 9 heteroatoms. The largest absolute Gasteiger partial charge is 0.467 e. The molecule has 0 unspecified atom stereocenters. The number of ether oxygens (including phenoxy) is 4. The van der Waals surface area contributed by atoms with Gasteiger partial charge in [0.1, 0.15) is 18.0 Å². The fourth-order valence-corrected chi connectivity index (χ4v) is 2.08. The minimum atomic E-state index is -0.340. The molecule has 0 saturated carbocycles. The van der Waals surface area contributed by atoms with Crippen LogP contribution in [0.3, 0.4) is 0 Å².